The van der Waals surface area contributed by atoms with Crippen LogP contribution in [0.2, 0.25) is 0 Å². The molecule has 0 aromatic heterocycles. The summed E-state index contributed by atoms with van der Waals surface area (Å²) in [5, 5.41) is 12.3. The third kappa shape index (κ3) is 4.98. The van der Waals surface area contributed by atoms with Gasteiger partial charge in [0.25, 0.3) is 0 Å². The SMILES string of the molecule is COCCOCC(=O)NC(C)(CO)c1ccccc1. The first-order valence-corrected chi connectivity index (χ1v) is 6.16. The minimum atomic E-state index is -0.803. The van der Waals surface area contributed by atoms with Crippen molar-refractivity contribution in [2.75, 3.05) is 33.5 Å². The molecule has 0 saturated carbocycles. The zero-order valence-electron chi connectivity index (χ0n) is 11.4. The molecule has 0 heterocycles. The second-order valence-corrected chi connectivity index (χ2v) is 4.45. The summed E-state index contributed by atoms with van der Waals surface area (Å²) in [6.45, 7) is 2.36. The van der Waals surface area contributed by atoms with Crippen LogP contribution in [0.3, 0.4) is 0 Å². The molecular formula is C14H21NO4. The van der Waals surface area contributed by atoms with Gasteiger partial charge in [0.15, 0.2) is 0 Å². The van der Waals surface area contributed by atoms with Crippen LogP contribution in [0.15, 0.2) is 30.3 Å². The number of aliphatic hydroxyl groups is 1. The van der Waals surface area contributed by atoms with Gasteiger partial charge in [0.1, 0.15) is 6.61 Å². The molecule has 1 atom stereocenters. The van der Waals surface area contributed by atoms with Crippen LogP contribution in [0.25, 0.3) is 0 Å². The minimum absolute atomic E-state index is 0.0498. The fourth-order valence-electron chi connectivity index (χ4n) is 1.66. The van der Waals surface area contributed by atoms with Crippen molar-refractivity contribution in [2.45, 2.75) is 12.5 Å². The molecule has 0 saturated heterocycles. The van der Waals surface area contributed by atoms with Crippen molar-refractivity contribution in [2.24, 2.45) is 0 Å². The molecule has 0 bridgehead atoms. The number of hydrogen-bond donors (Lipinski definition) is 2. The van der Waals surface area contributed by atoms with E-state index >= 15 is 0 Å². The molecule has 0 spiro atoms. The predicted molar refractivity (Wildman–Crippen MR) is 71.7 cm³/mol. The average Bonchev–Trinajstić information content (AvgIpc) is 2.44. The van der Waals surface area contributed by atoms with Gasteiger partial charge in [-0.25, -0.2) is 0 Å². The van der Waals surface area contributed by atoms with Crippen LogP contribution >= 0.6 is 0 Å². The number of methoxy groups -OCH3 is 1. The van der Waals surface area contributed by atoms with E-state index in [-0.39, 0.29) is 19.1 Å². The first-order chi connectivity index (χ1) is 9.12. The standard InChI is InChI=1S/C14H21NO4/c1-14(11-16,12-6-4-3-5-7-12)15-13(17)10-19-9-8-18-2/h3-7,16H,8-11H2,1-2H3,(H,15,17). The molecule has 5 heteroatoms. The predicted octanol–water partition coefficient (Wildman–Crippen LogP) is 0.673. The summed E-state index contributed by atoms with van der Waals surface area (Å²) in [4.78, 5) is 11.8. The van der Waals surface area contributed by atoms with E-state index in [4.69, 9.17) is 9.47 Å². The molecule has 1 amide bonds. The number of ether oxygens (including phenoxy) is 2. The highest BCUT2D eigenvalue weighted by Gasteiger charge is 2.27. The van der Waals surface area contributed by atoms with Crippen LogP contribution in [0.4, 0.5) is 0 Å². The van der Waals surface area contributed by atoms with Crippen LogP contribution in [-0.4, -0.2) is 44.6 Å². The maximum absolute atomic E-state index is 11.8. The summed E-state index contributed by atoms with van der Waals surface area (Å²) in [6.07, 6.45) is 0. The van der Waals surface area contributed by atoms with Gasteiger partial charge >= 0.3 is 0 Å². The van der Waals surface area contributed by atoms with Crippen molar-refractivity contribution in [1.82, 2.24) is 5.32 Å². The zero-order valence-corrected chi connectivity index (χ0v) is 11.4. The Morgan fingerprint density at radius 2 is 2.00 bits per heavy atom. The minimum Gasteiger partial charge on any atom is -0.394 e. The number of rotatable bonds is 8. The molecule has 5 nitrogen and oxygen atoms in total. The second-order valence-electron chi connectivity index (χ2n) is 4.45. The van der Waals surface area contributed by atoms with Gasteiger partial charge in [-0.1, -0.05) is 30.3 Å². The molecule has 0 radical (unpaired) electrons. The van der Waals surface area contributed by atoms with Crippen LogP contribution in [0.5, 0.6) is 0 Å². The van der Waals surface area contributed by atoms with Gasteiger partial charge in [-0.2, -0.15) is 0 Å². The molecule has 0 fully saturated rings. The molecule has 0 aliphatic carbocycles. The zero-order chi connectivity index (χ0) is 14.1. The van der Waals surface area contributed by atoms with Crippen molar-refractivity contribution in [3.63, 3.8) is 0 Å². The highest BCUT2D eigenvalue weighted by molar-refractivity contribution is 5.78. The van der Waals surface area contributed by atoms with E-state index < -0.39 is 5.54 Å². The molecule has 1 aromatic rings. The Kier molecular flexibility index (Phi) is 6.49. The van der Waals surface area contributed by atoms with Crippen molar-refractivity contribution in [1.29, 1.82) is 0 Å². The van der Waals surface area contributed by atoms with E-state index in [1.54, 1.807) is 14.0 Å². The molecule has 1 aromatic carbocycles. The largest absolute Gasteiger partial charge is 0.394 e. The Hall–Kier alpha value is -1.43. The third-order valence-electron chi connectivity index (χ3n) is 2.81. The summed E-state index contributed by atoms with van der Waals surface area (Å²) in [5.74, 6) is -0.267. The third-order valence-corrected chi connectivity index (χ3v) is 2.81. The highest BCUT2D eigenvalue weighted by atomic mass is 16.5. The van der Waals surface area contributed by atoms with Gasteiger partial charge in [0.05, 0.1) is 25.4 Å². The van der Waals surface area contributed by atoms with E-state index in [1.807, 2.05) is 30.3 Å². The number of carbonyl (C=O) groups is 1. The first-order valence-electron chi connectivity index (χ1n) is 6.16. The smallest absolute Gasteiger partial charge is 0.246 e. The van der Waals surface area contributed by atoms with Gasteiger partial charge in [0, 0.05) is 7.11 Å². The van der Waals surface area contributed by atoms with E-state index in [1.165, 1.54) is 0 Å². The maximum Gasteiger partial charge on any atom is 0.246 e. The lowest BCUT2D eigenvalue weighted by molar-refractivity contribution is -0.128. The number of aliphatic hydroxyl groups excluding tert-OH is 1. The molecule has 1 rings (SSSR count). The Balaban J connectivity index is 2.54. The van der Waals surface area contributed by atoms with Crippen molar-refractivity contribution >= 4 is 5.91 Å². The topological polar surface area (TPSA) is 67.8 Å². The summed E-state index contributed by atoms with van der Waals surface area (Å²) >= 11 is 0. The maximum atomic E-state index is 11.8. The number of nitrogens with one attached hydrogen (secondary N) is 1. The number of benzene rings is 1. The first kappa shape index (κ1) is 15.6. The van der Waals surface area contributed by atoms with Crippen LogP contribution < -0.4 is 5.32 Å². The lowest BCUT2D eigenvalue weighted by Crippen LogP contribution is -2.47. The van der Waals surface area contributed by atoms with Crippen molar-refractivity contribution in [3.05, 3.63) is 35.9 Å². The lowest BCUT2D eigenvalue weighted by Gasteiger charge is -2.29. The molecule has 19 heavy (non-hydrogen) atoms. The average molecular weight is 267 g/mol. The van der Waals surface area contributed by atoms with Crippen LogP contribution in [0.1, 0.15) is 12.5 Å². The van der Waals surface area contributed by atoms with E-state index in [0.29, 0.717) is 13.2 Å². The summed E-state index contributed by atoms with van der Waals surface area (Å²) in [6, 6.07) is 9.34. The van der Waals surface area contributed by atoms with Gasteiger partial charge < -0.3 is 19.9 Å². The molecule has 106 valence electrons. The normalized spacial score (nSPS) is 13.8. The number of carbonyl (C=O) groups excluding carboxylic acids is 1. The van der Waals surface area contributed by atoms with E-state index in [2.05, 4.69) is 5.32 Å². The second kappa shape index (κ2) is 7.89. The highest BCUT2D eigenvalue weighted by Crippen LogP contribution is 2.19. The van der Waals surface area contributed by atoms with Gasteiger partial charge in [-0.15, -0.1) is 0 Å². The molecule has 0 aliphatic heterocycles. The molecule has 2 N–H and O–H groups in total. The molecule has 0 aliphatic rings. The lowest BCUT2D eigenvalue weighted by atomic mass is 9.93. The van der Waals surface area contributed by atoms with E-state index in [9.17, 15) is 9.90 Å². The Morgan fingerprint density at radius 3 is 2.58 bits per heavy atom. The van der Waals surface area contributed by atoms with E-state index in [0.717, 1.165) is 5.56 Å². The van der Waals surface area contributed by atoms with Gasteiger partial charge in [0.2, 0.25) is 5.91 Å². The van der Waals surface area contributed by atoms with Gasteiger partial charge in [-0.3, -0.25) is 4.79 Å². The van der Waals surface area contributed by atoms with Crippen LogP contribution in [0, 0.1) is 0 Å². The van der Waals surface area contributed by atoms with Crippen molar-refractivity contribution < 1.29 is 19.4 Å². The Labute approximate surface area is 113 Å². The van der Waals surface area contributed by atoms with Gasteiger partial charge in [-0.05, 0) is 12.5 Å². The summed E-state index contributed by atoms with van der Waals surface area (Å²) in [5.41, 5.74) is 0.0471. The summed E-state index contributed by atoms with van der Waals surface area (Å²) in [7, 11) is 1.57. The monoisotopic (exact) mass is 267 g/mol. The number of hydrogen-bond acceptors (Lipinski definition) is 4. The molecular weight excluding hydrogens is 246 g/mol. The Morgan fingerprint density at radius 1 is 1.32 bits per heavy atom. The molecule has 1 unspecified atom stereocenters. The number of amides is 1. The van der Waals surface area contributed by atoms with Crippen molar-refractivity contribution in [3.8, 4) is 0 Å². The quantitative estimate of drug-likeness (QED) is 0.679. The van der Waals surface area contributed by atoms with Crippen LogP contribution in [-0.2, 0) is 19.8 Å². The Bertz CT molecular complexity index is 382. The fourth-order valence-corrected chi connectivity index (χ4v) is 1.66. The summed E-state index contributed by atoms with van der Waals surface area (Å²) < 4.78 is 9.96. The fraction of sp³-hybridized carbons (Fsp3) is 0.500.